The molecule has 1 aliphatic rings. The molecule has 1 saturated heterocycles. The second kappa shape index (κ2) is 10.5. The molecular formula is C26H31N5O2. The van der Waals surface area contributed by atoms with Gasteiger partial charge in [-0.25, -0.2) is 9.97 Å². The third kappa shape index (κ3) is 5.20. The Morgan fingerprint density at radius 2 is 1.88 bits per heavy atom. The third-order valence-electron chi connectivity index (χ3n) is 5.95. The molecule has 0 saturated carbocycles. The largest absolute Gasteiger partial charge is 0.377 e. The Morgan fingerprint density at radius 3 is 2.58 bits per heavy atom. The van der Waals surface area contributed by atoms with Gasteiger partial charge in [0.1, 0.15) is 0 Å². The van der Waals surface area contributed by atoms with Crippen molar-refractivity contribution in [3.05, 3.63) is 71.8 Å². The second-order valence-electron chi connectivity index (χ2n) is 8.44. The lowest BCUT2D eigenvalue weighted by Gasteiger charge is -2.36. The first kappa shape index (κ1) is 22.9. The van der Waals surface area contributed by atoms with Crippen LogP contribution in [0.15, 0.2) is 55.0 Å². The van der Waals surface area contributed by atoms with Crippen LogP contribution in [0.1, 0.15) is 53.8 Å². The van der Waals surface area contributed by atoms with Gasteiger partial charge in [0.25, 0.3) is 5.91 Å². The molecule has 7 nitrogen and oxygen atoms in total. The van der Waals surface area contributed by atoms with Crippen LogP contribution in [0.25, 0.3) is 11.1 Å². The van der Waals surface area contributed by atoms with Crippen LogP contribution >= 0.6 is 0 Å². The Bertz CT molecular complexity index is 1070. The average Bonchev–Trinajstić information content (AvgIpc) is 2.87. The Hall–Kier alpha value is -3.32. The number of carbonyl (C=O) groups excluding carboxylic acids is 1. The number of nitrogens with zero attached hydrogens (tertiary/aromatic N) is 5. The highest BCUT2D eigenvalue weighted by molar-refractivity contribution is 5.94. The molecule has 0 aliphatic carbocycles. The molecule has 2 aromatic heterocycles. The van der Waals surface area contributed by atoms with Crippen molar-refractivity contribution in [1.82, 2.24) is 19.9 Å². The number of amides is 1. The second-order valence-corrected chi connectivity index (χ2v) is 8.44. The highest BCUT2D eigenvalue weighted by Gasteiger charge is 2.32. The minimum absolute atomic E-state index is 0.0355. The Labute approximate surface area is 195 Å². The van der Waals surface area contributed by atoms with E-state index in [0.29, 0.717) is 31.3 Å². The summed E-state index contributed by atoms with van der Waals surface area (Å²) in [5, 5.41) is 0. The summed E-state index contributed by atoms with van der Waals surface area (Å²) in [6.07, 6.45) is 8.32. The smallest absolute Gasteiger partial charge is 0.254 e. The number of aromatic nitrogens is 3. The van der Waals surface area contributed by atoms with E-state index in [4.69, 9.17) is 9.72 Å². The number of hydrogen-bond acceptors (Lipinski definition) is 6. The molecule has 0 N–H and O–H groups in total. The standard InChI is InChI=1S/C26H31N5O2/c1-4-33-18-19-8-10-21(11-9-19)25(32)31-16-6-5-7-23(31)24-22(20-12-14-27-15-13-20)17-28-26(29-24)30(2)3/h8-15,17,23H,4-7,16,18H2,1-3H3/t23-/m0/s1. The van der Waals surface area contributed by atoms with Crippen molar-refractivity contribution in [3.63, 3.8) is 0 Å². The number of anilines is 1. The van der Waals surface area contributed by atoms with E-state index < -0.39 is 0 Å². The first-order chi connectivity index (χ1) is 16.1. The molecular weight excluding hydrogens is 414 g/mol. The van der Waals surface area contributed by atoms with E-state index in [9.17, 15) is 4.79 Å². The Morgan fingerprint density at radius 1 is 1.12 bits per heavy atom. The van der Waals surface area contributed by atoms with E-state index in [1.165, 1.54) is 0 Å². The van der Waals surface area contributed by atoms with Crippen LogP contribution < -0.4 is 4.90 Å². The molecule has 3 aromatic rings. The van der Waals surface area contributed by atoms with E-state index in [0.717, 1.165) is 41.6 Å². The first-order valence-corrected chi connectivity index (χ1v) is 11.5. The minimum atomic E-state index is -0.112. The SMILES string of the molecule is CCOCc1ccc(C(=O)N2CCCC[C@H]2c2nc(N(C)C)ncc2-c2ccncc2)cc1. The predicted molar refractivity (Wildman–Crippen MR) is 129 cm³/mol. The summed E-state index contributed by atoms with van der Waals surface area (Å²) in [5.41, 5.74) is 4.59. The normalized spacial score (nSPS) is 16.0. The Kier molecular flexibility index (Phi) is 7.29. The highest BCUT2D eigenvalue weighted by Crippen LogP contribution is 2.37. The van der Waals surface area contributed by atoms with Gasteiger partial charge in [0.05, 0.1) is 18.3 Å². The van der Waals surface area contributed by atoms with Crippen LogP contribution in [0.2, 0.25) is 0 Å². The number of pyridine rings is 1. The summed E-state index contributed by atoms with van der Waals surface area (Å²) < 4.78 is 5.48. The van der Waals surface area contributed by atoms with Gasteiger partial charge < -0.3 is 14.5 Å². The zero-order valence-corrected chi connectivity index (χ0v) is 19.6. The van der Waals surface area contributed by atoms with Crippen LogP contribution in [-0.4, -0.2) is 53.0 Å². The molecule has 0 spiro atoms. The summed E-state index contributed by atoms with van der Waals surface area (Å²) in [7, 11) is 3.86. The first-order valence-electron chi connectivity index (χ1n) is 11.5. The molecule has 1 amide bonds. The monoisotopic (exact) mass is 445 g/mol. The van der Waals surface area contributed by atoms with Crippen molar-refractivity contribution in [1.29, 1.82) is 0 Å². The molecule has 1 aromatic carbocycles. The maximum absolute atomic E-state index is 13.6. The van der Waals surface area contributed by atoms with Gasteiger partial charge in [-0.2, -0.15) is 0 Å². The number of ether oxygens (including phenoxy) is 1. The topological polar surface area (TPSA) is 71.5 Å². The fourth-order valence-electron chi connectivity index (χ4n) is 4.20. The predicted octanol–water partition coefficient (Wildman–Crippen LogP) is 4.51. The lowest BCUT2D eigenvalue weighted by molar-refractivity contribution is 0.0606. The van der Waals surface area contributed by atoms with E-state index in [2.05, 4.69) is 9.97 Å². The number of rotatable bonds is 7. The fourth-order valence-corrected chi connectivity index (χ4v) is 4.20. The molecule has 7 heteroatoms. The van der Waals surface area contributed by atoms with Gasteiger partial charge in [0.15, 0.2) is 0 Å². The van der Waals surface area contributed by atoms with Gasteiger partial charge in [-0.05, 0) is 61.6 Å². The Balaban J connectivity index is 1.69. The van der Waals surface area contributed by atoms with Crippen molar-refractivity contribution >= 4 is 11.9 Å². The number of piperidine rings is 1. The van der Waals surface area contributed by atoms with Gasteiger partial charge in [0, 0.05) is 57.0 Å². The van der Waals surface area contributed by atoms with Gasteiger partial charge in [-0.1, -0.05) is 12.1 Å². The minimum Gasteiger partial charge on any atom is -0.377 e. The molecule has 1 aliphatic heterocycles. The molecule has 1 atom stereocenters. The lowest BCUT2D eigenvalue weighted by Crippen LogP contribution is -2.39. The zero-order chi connectivity index (χ0) is 23.2. The molecule has 172 valence electrons. The van der Waals surface area contributed by atoms with Crippen LogP contribution in [0.5, 0.6) is 0 Å². The van der Waals surface area contributed by atoms with E-state index in [1.54, 1.807) is 12.4 Å². The van der Waals surface area contributed by atoms with Crippen LogP contribution in [0, 0.1) is 0 Å². The van der Waals surface area contributed by atoms with Gasteiger partial charge in [0.2, 0.25) is 5.95 Å². The van der Waals surface area contributed by atoms with Crippen LogP contribution in [0.4, 0.5) is 5.95 Å². The molecule has 0 unspecified atom stereocenters. The zero-order valence-electron chi connectivity index (χ0n) is 19.6. The van der Waals surface area contributed by atoms with Crippen molar-refractivity contribution in [2.24, 2.45) is 0 Å². The maximum Gasteiger partial charge on any atom is 0.254 e. The average molecular weight is 446 g/mol. The number of likely N-dealkylation sites (tertiary alicyclic amines) is 1. The van der Waals surface area contributed by atoms with Crippen LogP contribution in [0.3, 0.4) is 0 Å². The molecule has 33 heavy (non-hydrogen) atoms. The van der Waals surface area contributed by atoms with Crippen LogP contribution in [-0.2, 0) is 11.3 Å². The van der Waals surface area contributed by atoms with E-state index >= 15 is 0 Å². The summed E-state index contributed by atoms with van der Waals surface area (Å²) in [4.78, 5) is 31.1. The molecule has 3 heterocycles. The van der Waals surface area contributed by atoms with Gasteiger partial charge >= 0.3 is 0 Å². The van der Waals surface area contributed by atoms with E-state index in [1.807, 2.05) is 73.4 Å². The number of hydrogen-bond donors (Lipinski definition) is 0. The quantitative estimate of drug-likeness (QED) is 0.533. The summed E-state index contributed by atoms with van der Waals surface area (Å²) in [6.45, 7) is 3.91. The van der Waals surface area contributed by atoms with Gasteiger partial charge in [-0.15, -0.1) is 0 Å². The van der Waals surface area contributed by atoms with E-state index in [-0.39, 0.29) is 11.9 Å². The molecule has 4 rings (SSSR count). The highest BCUT2D eigenvalue weighted by atomic mass is 16.5. The summed E-state index contributed by atoms with van der Waals surface area (Å²) in [5.74, 6) is 0.675. The summed E-state index contributed by atoms with van der Waals surface area (Å²) in [6, 6.07) is 11.6. The maximum atomic E-state index is 13.6. The molecule has 0 bridgehead atoms. The number of benzene rings is 1. The van der Waals surface area contributed by atoms with Gasteiger partial charge in [-0.3, -0.25) is 9.78 Å². The van der Waals surface area contributed by atoms with Crippen molar-refractivity contribution in [2.75, 3.05) is 32.1 Å². The van der Waals surface area contributed by atoms with Crippen molar-refractivity contribution in [2.45, 2.75) is 38.8 Å². The molecule has 0 radical (unpaired) electrons. The van der Waals surface area contributed by atoms with Crippen molar-refractivity contribution < 1.29 is 9.53 Å². The summed E-state index contributed by atoms with van der Waals surface area (Å²) >= 11 is 0. The lowest BCUT2D eigenvalue weighted by atomic mass is 9.93. The molecule has 1 fully saturated rings. The fraction of sp³-hybridized carbons (Fsp3) is 0.385. The van der Waals surface area contributed by atoms with Crippen molar-refractivity contribution in [3.8, 4) is 11.1 Å². The number of carbonyl (C=O) groups is 1. The third-order valence-corrected chi connectivity index (χ3v) is 5.95.